The van der Waals surface area contributed by atoms with Gasteiger partial charge in [0.1, 0.15) is 17.2 Å². The summed E-state index contributed by atoms with van der Waals surface area (Å²) < 4.78 is 27.5. The van der Waals surface area contributed by atoms with Gasteiger partial charge in [-0.3, -0.25) is 10.1 Å². The lowest BCUT2D eigenvalue weighted by Crippen LogP contribution is -2.05. The molecule has 0 radical (unpaired) electrons. The highest BCUT2D eigenvalue weighted by Gasteiger charge is 2.29. The van der Waals surface area contributed by atoms with Gasteiger partial charge < -0.3 is 5.73 Å². The number of nitrogens with two attached hydrogens (primary N) is 1. The van der Waals surface area contributed by atoms with Gasteiger partial charge in [0.25, 0.3) is 0 Å². The molecule has 0 aliphatic rings. The number of nitro groups is 1. The second kappa shape index (κ2) is 4.87. The third-order valence-electron chi connectivity index (χ3n) is 2.79. The summed E-state index contributed by atoms with van der Waals surface area (Å²) in [6.07, 6.45) is 0. The Labute approximate surface area is 113 Å². The fourth-order valence-corrected chi connectivity index (χ4v) is 1.85. The summed E-state index contributed by atoms with van der Waals surface area (Å²) in [7, 11) is 0. The van der Waals surface area contributed by atoms with Crippen molar-refractivity contribution in [3.05, 3.63) is 45.6 Å². The predicted molar refractivity (Wildman–Crippen MR) is 68.6 cm³/mol. The van der Waals surface area contributed by atoms with Gasteiger partial charge in [-0.05, 0) is 12.1 Å². The van der Waals surface area contributed by atoms with E-state index in [0.29, 0.717) is 6.07 Å². The van der Waals surface area contributed by atoms with Crippen molar-refractivity contribution in [1.29, 1.82) is 0 Å². The molecule has 0 bridgehead atoms. The fourth-order valence-electron chi connectivity index (χ4n) is 1.85. The number of benzene rings is 1. The monoisotopic (exact) mass is 282 g/mol. The molecule has 20 heavy (non-hydrogen) atoms. The summed E-state index contributed by atoms with van der Waals surface area (Å²) >= 11 is 0. The Bertz CT molecular complexity index is 682. The van der Waals surface area contributed by atoms with Crippen LogP contribution in [0.15, 0.2) is 18.2 Å². The van der Waals surface area contributed by atoms with Gasteiger partial charge in [0.15, 0.2) is 5.82 Å². The van der Waals surface area contributed by atoms with E-state index in [4.69, 9.17) is 5.73 Å². The summed E-state index contributed by atoms with van der Waals surface area (Å²) in [5, 5.41) is 15.0. The molecular formula is C12H12F2N4O2. The normalized spacial score (nSPS) is 11.1. The van der Waals surface area contributed by atoms with Crippen molar-refractivity contribution in [3.8, 4) is 5.69 Å². The molecule has 0 amide bonds. The predicted octanol–water partition coefficient (Wildman–Crippen LogP) is 2.76. The summed E-state index contributed by atoms with van der Waals surface area (Å²) in [5.74, 6) is -2.20. The first kappa shape index (κ1) is 13.9. The summed E-state index contributed by atoms with van der Waals surface area (Å²) in [5.41, 5.74) is 5.33. The first-order chi connectivity index (χ1) is 9.32. The van der Waals surface area contributed by atoms with Crippen LogP contribution >= 0.6 is 0 Å². The van der Waals surface area contributed by atoms with E-state index in [1.54, 1.807) is 13.8 Å². The van der Waals surface area contributed by atoms with Crippen LogP contribution in [0.5, 0.6) is 0 Å². The van der Waals surface area contributed by atoms with Crippen LogP contribution in [0.2, 0.25) is 0 Å². The zero-order valence-corrected chi connectivity index (χ0v) is 10.8. The lowest BCUT2D eigenvalue weighted by atomic mass is 10.1. The molecule has 0 atom stereocenters. The molecule has 0 saturated heterocycles. The zero-order chi connectivity index (χ0) is 15.0. The number of hydrogen-bond acceptors (Lipinski definition) is 4. The van der Waals surface area contributed by atoms with Crippen molar-refractivity contribution in [2.45, 2.75) is 19.8 Å². The lowest BCUT2D eigenvalue weighted by molar-refractivity contribution is -0.384. The smallest absolute Gasteiger partial charge is 0.334 e. The van der Waals surface area contributed by atoms with Crippen LogP contribution in [0.25, 0.3) is 5.69 Å². The lowest BCUT2D eigenvalue weighted by Gasteiger charge is -2.04. The van der Waals surface area contributed by atoms with Crippen LogP contribution in [0.3, 0.4) is 0 Å². The van der Waals surface area contributed by atoms with E-state index in [9.17, 15) is 18.9 Å². The van der Waals surface area contributed by atoms with Crippen LogP contribution in [0.4, 0.5) is 20.3 Å². The molecule has 0 unspecified atom stereocenters. The number of anilines is 1. The van der Waals surface area contributed by atoms with Gasteiger partial charge in [0, 0.05) is 12.0 Å². The summed E-state index contributed by atoms with van der Waals surface area (Å²) in [6.45, 7) is 3.42. The van der Waals surface area contributed by atoms with Gasteiger partial charge in [0.05, 0.1) is 4.92 Å². The number of nitrogens with zero attached hydrogens (tertiary/aromatic N) is 3. The maximum atomic E-state index is 13.7. The Kier molecular flexibility index (Phi) is 3.39. The average Bonchev–Trinajstić information content (AvgIpc) is 2.67. The summed E-state index contributed by atoms with van der Waals surface area (Å²) in [6, 6.07) is 2.82. The van der Waals surface area contributed by atoms with E-state index < -0.39 is 16.6 Å². The molecule has 2 aromatic rings. The van der Waals surface area contributed by atoms with E-state index in [0.717, 1.165) is 16.8 Å². The minimum absolute atomic E-state index is 0.140. The van der Waals surface area contributed by atoms with E-state index in [2.05, 4.69) is 5.10 Å². The molecule has 1 aromatic heterocycles. The maximum absolute atomic E-state index is 13.7. The van der Waals surface area contributed by atoms with E-state index in [1.165, 1.54) is 0 Å². The Morgan fingerprint density at radius 1 is 1.40 bits per heavy atom. The van der Waals surface area contributed by atoms with Crippen LogP contribution < -0.4 is 5.73 Å². The molecule has 2 N–H and O–H groups in total. The number of halogens is 2. The first-order valence-electron chi connectivity index (χ1n) is 5.81. The molecule has 0 aliphatic carbocycles. The molecule has 6 nitrogen and oxygen atoms in total. The summed E-state index contributed by atoms with van der Waals surface area (Å²) in [4.78, 5) is 10.4. The molecule has 0 saturated carbocycles. The van der Waals surface area contributed by atoms with Gasteiger partial charge >= 0.3 is 5.69 Å². The SMILES string of the molecule is CC(C)c1nn(-c2ccc(F)cc2F)c(N)c1[N+](=O)[O-]. The highest BCUT2D eigenvalue weighted by molar-refractivity contribution is 5.61. The van der Waals surface area contributed by atoms with Gasteiger partial charge in [-0.25, -0.2) is 13.5 Å². The Morgan fingerprint density at radius 3 is 2.50 bits per heavy atom. The Balaban J connectivity index is 2.69. The Hall–Kier alpha value is -2.51. The largest absolute Gasteiger partial charge is 0.378 e. The molecule has 0 fully saturated rings. The van der Waals surface area contributed by atoms with Crippen LogP contribution in [-0.4, -0.2) is 14.7 Å². The van der Waals surface area contributed by atoms with Crippen molar-refractivity contribution in [2.24, 2.45) is 0 Å². The number of hydrogen-bond donors (Lipinski definition) is 1. The topological polar surface area (TPSA) is 87.0 Å². The van der Waals surface area contributed by atoms with Crippen LogP contribution in [0, 0.1) is 21.7 Å². The number of rotatable bonds is 3. The standard InChI is InChI=1S/C12H12F2N4O2/c1-6(2)10-11(18(19)20)12(15)17(16-10)9-4-3-7(13)5-8(9)14/h3-6H,15H2,1-2H3. The zero-order valence-electron chi connectivity index (χ0n) is 10.8. The molecular weight excluding hydrogens is 270 g/mol. The molecule has 106 valence electrons. The highest BCUT2D eigenvalue weighted by Crippen LogP contribution is 2.33. The van der Waals surface area contributed by atoms with Crippen molar-refractivity contribution >= 4 is 11.5 Å². The Morgan fingerprint density at radius 2 is 2.05 bits per heavy atom. The van der Waals surface area contributed by atoms with Gasteiger partial charge in [0.2, 0.25) is 5.82 Å². The molecule has 1 heterocycles. The number of aromatic nitrogens is 2. The minimum atomic E-state index is -0.899. The molecule has 2 rings (SSSR count). The number of nitrogen functional groups attached to an aromatic ring is 1. The molecule has 0 spiro atoms. The van der Waals surface area contributed by atoms with Crippen molar-refractivity contribution in [1.82, 2.24) is 9.78 Å². The van der Waals surface area contributed by atoms with Crippen molar-refractivity contribution < 1.29 is 13.7 Å². The van der Waals surface area contributed by atoms with E-state index in [1.807, 2.05) is 0 Å². The quantitative estimate of drug-likeness (QED) is 0.692. The molecule has 0 aliphatic heterocycles. The van der Waals surface area contributed by atoms with Crippen molar-refractivity contribution in [3.63, 3.8) is 0 Å². The highest BCUT2D eigenvalue weighted by atomic mass is 19.1. The van der Waals surface area contributed by atoms with Gasteiger partial charge in [-0.1, -0.05) is 13.8 Å². The minimum Gasteiger partial charge on any atom is -0.378 e. The third kappa shape index (κ3) is 2.20. The molecule has 1 aromatic carbocycles. The van der Waals surface area contributed by atoms with Gasteiger partial charge in [-0.15, -0.1) is 0 Å². The second-order valence-corrected chi connectivity index (χ2v) is 4.54. The third-order valence-corrected chi connectivity index (χ3v) is 2.79. The van der Waals surface area contributed by atoms with Gasteiger partial charge in [-0.2, -0.15) is 5.10 Å². The van der Waals surface area contributed by atoms with Crippen LogP contribution in [0.1, 0.15) is 25.5 Å². The van der Waals surface area contributed by atoms with Crippen molar-refractivity contribution in [2.75, 3.05) is 5.73 Å². The average molecular weight is 282 g/mol. The van der Waals surface area contributed by atoms with E-state index in [-0.39, 0.29) is 28.8 Å². The second-order valence-electron chi connectivity index (χ2n) is 4.54. The maximum Gasteiger partial charge on any atom is 0.334 e. The first-order valence-corrected chi connectivity index (χ1v) is 5.81. The fraction of sp³-hybridized carbons (Fsp3) is 0.250. The molecule has 8 heteroatoms. The van der Waals surface area contributed by atoms with Crippen LogP contribution in [-0.2, 0) is 0 Å². The van der Waals surface area contributed by atoms with E-state index >= 15 is 0 Å².